The molecule has 17 heavy (non-hydrogen) atoms. The highest BCUT2D eigenvalue weighted by Gasteiger charge is 2.14. The van der Waals surface area contributed by atoms with Crippen LogP contribution in [-0.4, -0.2) is 75.4 Å². The van der Waals surface area contributed by atoms with Crippen LogP contribution >= 0.6 is 0 Å². The van der Waals surface area contributed by atoms with Gasteiger partial charge in [-0.05, 0) is 13.3 Å². The minimum Gasteiger partial charge on any atom is -0.389 e. The SMILES string of the molecule is COCC(C)OCC(O)CN1CCCOCC1. The lowest BCUT2D eigenvalue weighted by molar-refractivity contribution is -0.0396. The summed E-state index contributed by atoms with van der Waals surface area (Å²) in [5.41, 5.74) is 0. The van der Waals surface area contributed by atoms with Gasteiger partial charge in [-0.2, -0.15) is 0 Å². The maximum atomic E-state index is 9.86. The van der Waals surface area contributed by atoms with E-state index in [1.807, 2.05) is 6.92 Å². The molecular weight excluding hydrogens is 222 g/mol. The Balaban J connectivity index is 2.12. The topological polar surface area (TPSA) is 51.2 Å². The Morgan fingerprint density at radius 2 is 2.12 bits per heavy atom. The van der Waals surface area contributed by atoms with Crippen LogP contribution in [0.1, 0.15) is 13.3 Å². The molecule has 1 rings (SSSR count). The molecule has 1 N–H and O–H groups in total. The molecule has 1 aliphatic heterocycles. The van der Waals surface area contributed by atoms with Gasteiger partial charge in [0.2, 0.25) is 0 Å². The highest BCUT2D eigenvalue weighted by Crippen LogP contribution is 2.02. The van der Waals surface area contributed by atoms with E-state index < -0.39 is 6.10 Å². The number of aliphatic hydroxyl groups excluding tert-OH is 1. The van der Waals surface area contributed by atoms with Gasteiger partial charge in [0, 0.05) is 33.4 Å². The molecule has 0 aromatic heterocycles. The summed E-state index contributed by atoms with van der Waals surface area (Å²) >= 11 is 0. The lowest BCUT2D eigenvalue weighted by Crippen LogP contribution is -2.37. The van der Waals surface area contributed by atoms with Crippen molar-refractivity contribution in [1.29, 1.82) is 0 Å². The van der Waals surface area contributed by atoms with Crippen molar-refractivity contribution in [2.24, 2.45) is 0 Å². The quantitative estimate of drug-likeness (QED) is 0.692. The Hall–Kier alpha value is -0.200. The molecule has 0 aromatic carbocycles. The van der Waals surface area contributed by atoms with Crippen molar-refractivity contribution >= 4 is 0 Å². The number of ether oxygens (including phenoxy) is 3. The molecule has 1 saturated heterocycles. The summed E-state index contributed by atoms with van der Waals surface area (Å²) in [6, 6.07) is 0. The molecule has 0 amide bonds. The van der Waals surface area contributed by atoms with Gasteiger partial charge in [0.15, 0.2) is 0 Å². The van der Waals surface area contributed by atoms with Crippen molar-refractivity contribution in [1.82, 2.24) is 4.90 Å². The van der Waals surface area contributed by atoms with Crippen LogP contribution in [0.4, 0.5) is 0 Å². The van der Waals surface area contributed by atoms with Gasteiger partial charge in [0.25, 0.3) is 0 Å². The molecule has 0 spiro atoms. The summed E-state index contributed by atoms with van der Waals surface area (Å²) in [5.74, 6) is 0. The maximum absolute atomic E-state index is 9.86. The summed E-state index contributed by atoms with van der Waals surface area (Å²) < 4.78 is 15.8. The number of rotatable bonds is 7. The van der Waals surface area contributed by atoms with E-state index >= 15 is 0 Å². The molecular formula is C12H25NO4. The Morgan fingerprint density at radius 3 is 2.88 bits per heavy atom. The molecule has 5 heteroatoms. The van der Waals surface area contributed by atoms with E-state index in [0.717, 1.165) is 32.7 Å². The van der Waals surface area contributed by atoms with Crippen molar-refractivity contribution in [2.75, 3.05) is 53.2 Å². The number of methoxy groups -OCH3 is 1. The summed E-state index contributed by atoms with van der Waals surface area (Å²) in [6.07, 6.45) is 0.628. The predicted molar refractivity (Wildman–Crippen MR) is 65.2 cm³/mol. The average Bonchev–Trinajstić information content (AvgIpc) is 2.55. The number of hydrogen-bond donors (Lipinski definition) is 1. The molecule has 2 atom stereocenters. The molecule has 1 fully saturated rings. The second-order valence-electron chi connectivity index (χ2n) is 4.52. The largest absolute Gasteiger partial charge is 0.389 e. The average molecular weight is 247 g/mol. The van der Waals surface area contributed by atoms with Crippen LogP contribution in [0.3, 0.4) is 0 Å². The second kappa shape index (κ2) is 8.83. The van der Waals surface area contributed by atoms with Gasteiger partial charge < -0.3 is 19.3 Å². The monoisotopic (exact) mass is 247 g/mol. The fourth-order valence-electron chi connectivity index (χ4n) is 1.89. The smallest absolute Gasteiger partial charge is 0.0900 e. The summed E-state index contributed by atoms with van der Waals surface area (Å²) in [4.78, 5) is 2.22. The van der Waals surface area contributed by atoms with Crippen molar-refractivity contribution < 1.29 is 19.3 Å². The number of nitrogens with zero attached hydrogens (tertiary/aromatic N) is 1. The van der Waals surface area contributed by atoms with Crippen molar-refractivity contribution in [3.8, 4) is 0 Å². The van der Waals surface area contributed by atoms with Crippen LogP contribution in [0.15, 0.2) is 0 Å². The summed E-state index contributed by atoms with van der Waals surface area (Å²) in [6.45, 7) is 6.99. The van der Waals surface area contributed by atoms with E-state index in [-0.39, 0.29) is 6.10 Å². The van der Waals surface area contributed by atoms with Gasteiger partial charge in [-0.3, -0.25) is 4.90 Å². The molecule has 5 nitrogen and oxygen atoms in total. The van der Waals surface area contributed by atoms with Crippen molar-refractivity contribution in [3.05, 3.63) is 0 Å². The van der Waals surface area contributed by atoms with Crippen LogP contribution in [-0.2, 0) is 14.2 Å². The standard InChI is InChI=1S/C12H25NO4/c1-11(9-15-2)17-10-12(14)8-13-4-3-6-16-7-5-13/h11-12,14H,3-10H2,1-2H3. The molecule has 0 radical (unpaired) electrons. The normalized spacial score (nSPS) is 22.1. The molecule has 0 aromatic rings. The van der Waals surface area contributed by atoms with Crippen LogP contribution < -0.4 is 0 Å². The van der Waals surface area contributed by atoms with E-state index in [1.54, 1.807) is 7.11 Å². The maximum Gasteiger partial charge on any atom is 0.0900 e. The predicted octanol–water partition coefficient (Wildman–Crippen LogP) is 0.121. The Kier molecular flexibility index (Phi) is 7.72. The Bertz CT molecular complexity index is 183. The lowest BCUT2D eigenvalue weighted by atomic mass is 10.3. The number of hydrogen-bond acceptors (Lipinski definition) is 5. The lowest BCUT2D eigenvalue weighted by Gasteiger charge is -2.23. The zero-order valence-corrected chi connectivity index (χ0v) is 10.9. The molecule has 1 aliphatic rings. The van der Waals surface area contributed by atoms with E-state index in [9.17, 15) is 5.11 Å². The number of β-amino-alcohol motifs (C(OH)–C–C–N with tert-alkyl or cyclic N) is 1. The first kappa shape index (κ1) is 14.9. The Labute approximate surface area is 104 Å². The van der Waals surface area contributed by atoms with Crippen LogP contribution in [0.5, 0.6) is 0 Å². The third-order valence-corrected chi connectivity index (χ3v) is 2.76. The molecule has 0 saturated carbocycles. The molecule has 0 aliphatic carbocycles. The second-order valence-corrected chi connectivity index (χ2v) is 4.52. The Morgan fingerprint density at radius 1 is 1.29 bits per heavy atom. The van der Waals surface area contributed by atoms with E-state index in [0.29, 0.717) is 19.8 Å². The summed E-state index contributed by atoms with van der Waals surface area (Å²) in [7, 11) is 1.65. The number of aliphatic hydroxyl groups is 1. The van der Waals surface area contributed by atoms with Crippen molar-refractivity contribution in [3.63, 3.8) is 0 Å². The van der Waals surface area contributed by atoms with Crippen LogP contribution in [0, 0.1) is 0 Å². The van der Waals surface area contributed by atoms with Gasteiger partial charge >= 0.3 is 0 Å². The molecule has 1 heterocycles. The van der Waals surface area contributed by atoms with Crippen molar-refractivity contribution in [2.45, 2.75) is 25.6 Å². The highest BCUT2D eigenvalue weighted by molar-refractivity contribution is 4.67. The van der Waals surface area contributed by atoms with Gasteiger partial charge in [-0.15, -0.1) is 0 Å². The fourth-order valence-corrected chi connectivity index (χ4v) is 1.89. The van der Waals surface area contributed by atoms with Gasteiger partial charge in [-0.25, -0.2) is 0 Å². The first-order valence-electron chi connectivity index (χ1n) is 6.31. The van der Waals surface area contributed by atoms with Crippen LogP contribution in [0.25, 0.3) is 0 Å². The fraction of sp³-hybridized carbons (Fsp3) is 1.00. The van der Waals surface area contributed by atoms with E-state index in [4.69, 9.17) is 14.2 Å². The zero-order valence-electron chi connectivity index (χ0n) is 10.9. The highest BCUT2D eigenvalue weighted by atomic mass is 16.5. The van der Waals surface area contributed by atoms with Gasteiger partial charge in [-0.1, -0.05) is 0 Å². The minimum absolute atomic E-state index is 0.0297. The first-order valence-corrected chi connectivity index (χ1v) is 6.31. The van der Waals surface area contributed by atoms with Gasteiger partial charge in [0.1, 0.15) is 0 Å². The molecule has 0 bridgehead atoms. The third kappa shape index (κ3) is 6.95. The zero-order chi connectivity index (χ0) is 12.5. The third-order valence-electron chi connectivity index (χ3n) is 2.76. The summed E-state index contributed by atoms with van der Waals surface area (Å²) in [5, 5.41) is 9.86. The first-order chi connectivity index (χ1) is 8.22. The van der Waals surface area contributed by atoms with Crippen LogP contribution in [0.2, 0.25) is 0 Å². The van der Waals surface area contributed by atoms with E-state index in [2.05, 4.69) is 4.90 Å². The minimum atomic E-state index is -0.438. The molecule has 102 valence electrons. The van der Waals surface area contributed by atoms with Gasteiger partial charge in [0.05, 0.1) is 32.0 Å². The van der Waals surface area contributed by atoms with E-state index in [1.165, 1.54) is 0 Å². The molecule has 2 unspecified atom stereocenters.